The first kappa shape index (κ1) is 26.6. The number of hydrogen-bond acceptors (Lipinski definition) is 5. The molecule has 2 amide bonds. The molecule has 3 N–H and O–H groups in total. The summed E-state index contributed by atoms with van der Waals surface area (Å²) in [5.74, 6) is -1.85. The number of nitrogens with zero attached hydrogens (tertiary/aromatic N) is 2. The average molecular weight is 517 g/mol. The molecular weight excluding hydrogens is 487 g/mol. The molecule has 0 bridgehead atoms. The number of anilines is 3. The van der Waals surface area contributed by atoms with Gasteiger partial charge in [0.15, 0.2) is 0 Å². The quantitative estimate of drug-likeness (QED) is 0.367. The first-order valence-corrected chi connectivity index (χ1v) is 12.1. The molecule has 0 aliphatic carbocycles. The number of amides is 2. The van der Waals surface area contributed by atoms with Gasteiger partial charge >= 0.3 is 5.97 Å². The van der Waals surface area contributed by atoms with E-state index in [0.717, 1.165) is 5.69 Å². The summed E-state index contributed by atoms with van der Waals surface area (Å²) >= 11 is 0. The lowest BCUT2D eigenvalue weighted by Crippen LogP contribution is -2.35. The van der Waals surface area contributed by atoms with Crippen molar-refractivity contribution >= 4 is 46.1 Å². The minimum Gasteiger partial charge on any atom is -0.481 e. The van der Waals surface area contributed by atoms with Crippen LogP contribution in [0.3, 0.4) is 0 Å². The Labute approximate surface area is 220 Å². The molecule has 1 aliphatic rings. The third kappa shape index (κ3) is 6.07. The van der Waals surface area contributed by atoms with Crippen molar-refractivity contribution in [2.75, 3.05) is 42.7 Å². The van der Waals surface area contributed by atoms with E-state index in [4.69, 9.17) is 5.11 Å². The fraction of sp³-hybridized carbons (Fsp3) is 0.207. The van der Waals surface area contributed by atoms with Crippen LogP contribution < -0.4 is 15.5 Å². The summed E-state index contributed by atoms with van der Waals surface area (Å²) in [6, 6.07) is 18.3. The van der Waals surface area contributed by atoms with Crippen LogP contribution in [-0.2, 0) is 20.8 Å². The van der Waals surface area contributed by atoms with Crippen molar-refractivity contribution < 1.29 is 23.9 Å². The topological polar surface area (TPSA) is 102 Å². The molecular formula is C29H29FN4O4. The highest BCUT2D eigenvalue weighted by molar-refractivity contribution is 6.37. The molecule has 0 fully saturated rings. The predicted molar refractivity (Wildman–Crippen MR) is 146 cm³/mol. The number of aliphatic carboxylic acids is 1. The van der Waals surface area contributed by atoms with Crippen molar-refractivity contribution in [3.63, 3.8) is 0 Å². The van der Waals surface area contributed by atoms with E-state index in [1.165, 1.54) is 19.1 Å². The number of carboxylic acid groups (broad SMARTS) is 1. The van der Waals surface area contributed by atoms with Crippen LogP contribution in [0.15, 0.2) is 66.7 Å². The van der Waals surface area contributed by atoms with Gasteiger partial charge in [-0.15, -0.1) is 0 Å². The summed E-state index contributed by atoms with van der Waals surface area (Å²) in [4.78, 5) is 40.1. The van der Waals surface area contributed by atoms with E-state index in [1.807, 2.05) is 43.3 Å². The molecule has 0 atom stereocenters. The average Bonchev–Trinajstić information content (AvgIpc) is 3.17. The Bertz CT molecular complexity index is 1400. The van der Waals surface area contributed by atoms with Crippen molar-refractivity contribution in [1.82, 2.24) is 4.90 Å². The van der Waals surface area contributed by atoms with Crippen molar-refractivity contribution in [3.05, 3.63) is 89.2 Å². The zero-order valence-corrected chi connectivity index (χ0v) is 21.4. The molecule has 0 radical (unpaired) electrons. The Morgan fingerprint density at radius 3 is 2.26 bits per heavy atom. The van der Waals surface area contributed by atoms with Crippen molar-refractivity contribution in [2.24, 2.45) is 0 Å². The molecule has 0 aromatic heterocycles. The lowest BCUT2D eigenvalue weighted by Gasteiger charge is -2.23. The summed E-state index contributed by atoms with van der Waals surface area (Å²) < 4.78 is 13.8. The summed E-state index contributed by atoms with van der Waals surface area (Å²) in [7, 11) is 3.89. The second-order valence-corrected chi connectivity index (χ2v) is 9.31. The van der Waals surface area contributed by atoms with Gasteiger partial charge < -0.3 is 25.5 Å². The highest BCUT2D eigenvalue weighted by Gasteiger charge is 2.29. The minimum atomic E-state index is -0.939. The van der Waals surface area contributed by atoms with Gasteiger partial charge in [0, 0.05) is 37.0 Å². The highest BCUT2D eigenvalue weighted by atomic mass is 19.1. The lowest BCUT2D eigenvalue weighted by atomic mass is 9.98. The Hall–Kier alpha value is -4.50. The molecule has 8 nitrogen and oxygen atoms in total. The Balaban J connectivity index is 1.72. The highest BCUT2D eigenvalue weighted by Crippen LogP contribution is 2.38. The normalized spacial score (nSPS) is 13.7. The van der Waals surface area contributed by atoms with Crippen molar-refractivity contribution in [3.8, 4) is 0 Å². The van der Waals surface area contributed by atoms with Gasteiger partial charge in [-0.25, -0.2) is 4.39 Å². The molecule has 4 rings (SSSR count). The van der Waals surface area contributed by atoms with Crippen molar-refractivity contribution in [2.45, 2.75) is 13.3 Å². The SMILES string of the molecule is CC(=O)N(CCN(C)C)c1ccc(NC(=C2C(=O)Nc3cc(F)ccc32)c2ccc(CC(=O)O)cc2)cc1. The second kappa shape index (κ2) is 11.3. The maximum absolute atomic E-state index is 13.8. The van der Waals surface area contributed by atoms with Crippen LogP contribution in [0.4, 0.5) is 21.5 Å². The molecule has 1 heterocycles. The Morgan fingerprint density at radius 1 is 0.974 bits per heavy atom. The maximum atomic E-state index is 13.8. The fourth-order valence-electron chi connectivity index (χ4n) is 4.27. The smallest absolute Gasteiger partial charge is 0.307 e. The third-order valence-electron chi connectivity index (χ3n) is 6.17. The minimum absolute atomic E-state index is 0.0664. The van der Waals surface area contributed by atoms with E-state index >= 15 is 0 Å². The molecule has 0 saturated carbocycles. The number of rotatable bonds is 9. The van der Waals surface area contributed by atoms with E-state index < -0.39 is 11.8 Å². The third-order valence-corrected chi connectivity index (χ3v) is 6.17. The summed E-state index contributed by atoms with van der Waals surface area (Å²) in [6.07, 6.45) is -0.121. The molecule has 9 heteroatoms. The number of halogens is 1. The standard InChI is InChI=1S/C29H29FN4O4/c1-18(35)34(15-14-33(2)3)23-11-9-22(10-12-23)31-28(20-6-4-19(5-7-20)16-26(36)37)27-24-13-8-21(30)17-25(24)32-29(27)38/h4-13,17,31H,14-16H2,1-3H3,(H,32,38)(H,36,37). The molecule has 1 aliphatic heterocycles. The molecule has 0 unspecified atom stereocenters. The van der Waals surface area contributed by atoms with Gasteiger partial charge in [-0.05, 0) is 67.7 Å². The summed E-state index contributed by atoms with van der Waals surface area (Å²) in [5.41, 5.74) is 4.45. The van der Waals surface area contributed by atoms with E-state index in [0.29, 0.717) is 52.4 Å². The van der Waals surface area contributed by atoms with Gasteiger partial charge in [-0.2, -0.15) is 0 Å². The number of hydrogen-bond donors (Lipinski definition) is 3. The summed E-state index contributed by atoms with van der Waals surface area (Å²) in [5, 5.41) is 15.1. The molecule has 3 aromatic rings. The van der Waals surface area contributed by atoms with Crippen LogP contribution in [0.2, 0.25) is 0 Å². The lowest BCUT2D eigenvalue weighted by molar-refractivity contribution is -0.136. The van der Waals surface area contributed by atoms with E-state index in [2.05, 4.69) is 10.6 Å². The first-order valence-electron chi connectivity index (χ1n) is 12.1. The van der Waals surface area contributed by atoms with Crippen LogP contribution >= 0.6 is 0 Å². The zero-order chi connectivity index (χ0) is 27.4. The molecule has 196 valence electrons. The number of carbonyl (C=O) groups excluding carboxylic acids is 2. The number of likely N-dealkylation sites (N-methyl/N-ethyl adjacent to an activating group) is 1. The fourth-order valence-corrected chi connectivity index (χ4v) is 4.27. The van der Waals surface area contributed by atoms with Gasteiger partial charge in [-0.1, -0.05) is 24.3 Å². The Kier molecular flexibility index (Phi) is 7.87. The Morgan fingerprint density at radius 2 is 1.66 bits per heavy atom. The van der Waals surface area contributed by atoms with Crippen LogP contribution in [0, 0.1) is 5.82 Å². The van der Waals surface area contributed by atoms with E-state index in [1.54, 1.807) is 35.2 Å². The largest absolute Gasteiger partial charge is 0.481 e. The number of carboxylic acids is 1. The maximum Gasteiger partial charge on any atom is 0.307 e. The molecule has 0 saturated heterocycles. The van der Waals surface area contributed by atoms with Gasteiger partial charge in [0.1, 0.15) is 5.82 Å². The van der Waals surface area contributed by atoms with Gasteiger partial charge in [0.05, 0.1) is 23.4 Å². The second-order valence-electron chi connectivity index (χ2n) is 9.31. The van der Waals surface area contributed by atoms with Crippen LogP contribution in [0.25, 0.3) is 11.3 Å². The summed E-state index contributed by atoms with van der Waals surface area (Å²) in [6.45, 7) is 2.78. The van der Waals surface area contributed by atoms with Crippen molar-refractivity contribution in [1.29, 1.82) is 0 Å². The van der Waals surface area contributed by atoms with Crippen LogP contribution in [-0.4, -0.2) is 55.0 Å². The molecule has 3 aromatic carbocycles. The van der Waals surface area contributed by atoms with Gasteiger partial charge in [0.25, 0.3) is 5.91 Å². The van der Waals surface area contributed by atoms with Crippen LogP contribution in [0.1, 0.15) is 23.6 Å². The predicted octanol–water partition coefficient (Wildman–Crippen LogP) is 4.30. The number of benzene rings is 3. The first-order chi connectivity index (χ1) is 18.1. The van der Waals surface area contributed by atoms with Gasteiger partial charge in [-0.3, -0.25) is 14.4 Å². The van der Waals surface area contributed by atoms with E-state index in [-0.39, 0.29) is 18.2 Å². The monoisotopic (exact) mass is 516 g/mol. The van der Waals surface area contributed by atoms with E-state index in [9.17, 15) is 18.8 Å². The van der Waals surface area contributed by atoms with Gasteiger partial charge in [0.2, 0.25) is 5.91 Å². The number of carbonyl (C=O) groups is 3. The molecule has 0 spiro atoms. The zero-order valence-electron chi connectivity index (χ0n) is 21.4. The molecule has 38 heavy (non-hydrogen) atoms. The number of fused-ring (bicyclic) bond motifs is 1. The number of nitrogens with one attached hydrogen (secondary N) is 2. The van der Waals surface area contributed by atoms with Crippen LogP contribution in [0.5, 0.6) is 0 Å².